The minimum absolute atomic E-state index is 0.00670. The third kappa shape index (κ3) is 5.23. The van der Waals surface area contributed by atoms with Crippen molar-refractivity contribution in [3.05, 3.63) is 65.0 Å². The van der Waals surface area contributed by atoms with E-state index in [1.807, 2.05) is 0 Å². The van der Waals surface area contributed by atoms with Crippen molar-refractivity contribution < 1.29 is 27.2 Å². The lowest BCUT2D eigenvalue weighted by Crippen LogP contribution is -2.28. The number of carbonyl (C=O) groups excluding carboxylic acids is 1. The highest BCUT2D eigenvalue weighted by Gasteiger charge is 2.30. The smallest absolute Gasteiger partial charge is 0.416 e. The molecule has 0 radical (unpaired) electrons. The van der Waals surface area contributed by atoms with Crippen LogP contribution in [-0.2, 0) is 17.5 Å². The normalized spacial score (nSPS) is 11.3. The number of carbonyl (C=O) groups is 1. The van der Waals surface area contributed by atoms with Crippen LogP contribution in [0.1, 0.15) is 11.5 Å². The lowest BCUT2D eigenvalue weighted by molar-refractivity contribution is -0.137. The van der Waals surface area contributed by atoms with Gasteiger partial charge in [-0.25, -0.2) is 0 Å². The largest absolute Gasteiger partial charge is 0.484 e. The number of halogens is 4. The fourth-order valence-electron chi connectivity index (χ4n) is 2.18. The maximum absolute atomic E-state index is 12.8. The zero-order chi connectivity index (χ0) is 20.1. The Morgan fingerprint density at radius 3 is 2.64 bits per heavy atom. The number of rotatable bonds is 6. The van der Waals surface area contributed by atoms with Crippen LogP contribution in [0.2, 0.25) is 5.02 Å². The van der Waals surface area contributed by atoms with Crippen LogP contribution in [0.5, 0.6) is 5.75 Å². The van der Waals surface area contributed by atoms with Crippen LogP contribution in [0, 0.1) is 0 Å². The molecule has 0 spiro atoms. The molecule has 10 heteroatoms. The molecule has 146 valence electrons. The van der Waals surface area contributed by atoms with Gasteiger partial charge in [0.15, 0.2) is 6.61 Å². The van der Waals surface area contributed by atoms with E-state index in [9.17, 15) is 18.0 Å². The number of amides is 1. The second kappa shape index (κ2) is 8.30. The van der Waals surface area contributed by atoms with E-state index in [1.165, 1.54) is 12.1 Å². The van der Waals surface area contributed by atoms with E-state index >= 15 is 0 Å². The maximum Gasteiger partial charge on any atom is 0.416 e. The molecule has 0 unspecified atom stereocenters. The van der Waals surface area contributed by atoms with Crippen molar-refractivity contribution in [2.75, 3.05) is 6.61 Å². The van der Waals surface area contributed by atoms with E-state index in [-0.39, 0.29) is 30.4 Å². The summed E-state index contributed by atoms with van der Waals surface area (Å²) in [6, 6.07) is 11.1. The Morgan fingerprint density at radius 2 is 1.93 bits per heavy atom. The average molecular weight is 412 g/mol. The summed E-state index contributed by atoms with van der Waals surface area (Å²) in [6.45, 7) is -0.328. The second-order valence-corrected chi connectivity index (χ2v) is 6.05. The monoisotopic (exact) mass is 411 g/mol. The van der Waals surface area contributed by atoms with Crippen molar-refractivity contribution in [2.45, 2.75) is 12.7 Å². The molecule has 3 rings (SSSR count). The van der Waals surface area contributed by atoms with Crippen LogP contribution in [0.4, 0.5) is 13.2 Å². The average Bonchev–Trinajstić information content (AvgIpc) is 3.14. The molecule has 0 fully saturated rings. The zero-order valence-electron chi connectivity index (χ0n) is 14.2. The molecular formula is C18H13ClF3N3O3. The van der Waals surface area contributed by atoms with Gasteiger partial charge in [-0.05, 0) is 36.4 Å². The van der Waals surface area contributed by atoms with E-state index < -0.39 is 17.6 Å². The molecule has 0 bridgehead atoms. The van der Waals surface area contributed by atoms with Crippen molar-refractivity contribution in [3.8, 4) is 17.1 Å². The Bertz CT molecular complexity index is 958. The molecule has 1 heterocycles. The number of hydrogen-bond acceptors (Lipinski definition) is 5. The van der Waals surface area contributed by atoms with Crippen LogP contribution in [0.15, 0.2) is 53.1 Å². The van der Waals surface area contributed by atoms with Crippen molar-refractivity contribution in [1.82, 2.24) is 15.5 Å². The third-order valence-corrected chi connectivity index (χ3v) is 3.79. The van der Waals surface area contributed by atoms with Gasteiger partial charge in [0.05, 0.1) is 12.1 Å². The van der Waals surface area contributed by atoms with Crippen molar-refractivity contribution in [2.24, 2.45) is 0 Å². The van der Waals surface area contributed by atoms with E-state index in [4.69, 9.17) is 20.9 Å². The number of aromatic nitrogens is 2. The molecule has 0 aliphatic heterocycles. The fourth-order valence-corrected chi connectivity index (χ4v) is 2.31. The first-order valence-corrected chi connectivity index (χ1v) is 8.34. The lowest BCUT2D eigenvalue weighted by atomic mass is 10.1. The van der Waals surface area contributed by atoms with Gasteiger partial charge in [-0.2, -0.15) is 18.2 Å². The van der Waals surface area contributed by atoms with Crippen LogP contribution in [-0.4, -0.2) is 22.7 Å². The minimum Gasteiger partial charge on any atom is -0.484 e. The zero-order valence-corrected chi connectivity index (χ0v) is 14.9. The van der Waals surface area contributed by atoms with Crippen LogP contribution in [0.25, 0.3) is 11.4 Å². The summed E-state index contributed by atoms with van der Waals surface area (Å²) >= 11 is 5.76. The number of ether oxygens (including phenoxy) is 1. The molecule has 3 aromatic rings. The molecule has 1 amide bonds. The molecule has 28 heavy (non-hydrogen) atoms. The summed E-state index contributed by atoms with van der Waals surface area (Å²) in [5.41, 5.74) is -0.661. The van der Waals surface area contributed by atoms with Crippen LogP contribution in [0.3, 0.4) is 0 Å². The van der Waals surface area contributed by atoms with Crippen molar-refractivity contribution in [3.63, 3.8) is 0 Å². The highest BCUT2D eigenvalue weighted by molar-refractivity contribution is 6.30. The van der Waals surface area contributed by atoms with Gasteiger partial charge < -0.3 is 14.6 Å². The first-order chi connectivity index (χ1) is 13.3. The Labute approximate surface area is 162 Å². The van der Waals surface area contributed by atoms with Gasteiger partial charge in [0.2, 0.25) is 11.7 Å². The van der Waals surface area contributed by atoms with Gasteiger partial charge in [-0.15, -0.1) is 0 Å². The minimum atomic E-state index is -4.47. The predicted molar refractivity (Wildman–Crippen MR) is 93.5 cm³/mol. The van der Waals surface area contributed by atoms with Crippen molar-refractivity contribution >= 4 is 17.5 Å². The van der Waals surface area contributed by atoms with Gasteiger partial charge in [0.25, 0.3) is 5.91 Å². The molecule has 1 N–H and O–H groups in total. The summed E-state index contributed by atoms with van der Waals surface area (Å²) in [7, 11) is 0. The second-order valence-electron chi connectivity index (χ2n) is 5.61. The summed E-state index contributed by atoms with van der Waals surface area (Å²) in [6.07, 6.45) is -4.47. The molecule has 1 aromatic heterocycles. The molecule has 0 saturated heterocycles. The molecule has 0 aliphatic rings. The fraction of sp³-hybridized carbons (Fsp3) is 0.167. The maximum atomic E-state index is 12.8. The number of hydrogen-bond donors (Lipinski definition) is 1. The Kier molecular flexibility index (Phi) is 5.84. The molecule has 0 atom stereocenters. The van der Waals surface area contributed by atoms with E-state index in [2.05, 4.69) is 15.5 Å². The van der Waals surface area contributed by atoms with Gasteiger partial charge in [-0.3, -0.25) is 4.79 Å². The number of nitrogens with zero attached hydrogens (tertiary/aromatic N) is 2. The summed E-state index contributed by atoms with van der Waals surface area (Å²) in [4.78, 5) is 15.8. The molecule has 0 saturated carbocycles. The Hall–Kier alpha value is -3.07. The lowest BCUT2D eigenvalue weighted by Gasteiger charge is -2.06. The summed E-state index contributed by atoms with van der Waals surface area (Å²) in [5.74, 6) is 0.0814. The Balaban J connectivity index is 1.54. The summed E-state index contributed by atoms with van der Waals surface area (Å²) < 4.78 is 48.6. The van der Waals surface area contributed by atoms with Gasteiger partial charge in [0, 0.05) is 10.6 Å². The van der Waals surface area contributed by atoms with Gasteiger partial charge in [-0.1, -0.05) is 28.9 Å². The molecule has 6 nitrogen and oxygen atoms in total. The van der Waals surface area contributed by atoms with E-state index in [0.29, 0.717) is 10.8 Å². The van der Waals surface area contributed by atoms with Gasteiger partial charge >= 0.3 is 6.18 Å². The van der Waals surface area contributed by atoms with Crippen LogP contribution < -0.4 is 10.1 Å². The first-order valence-electron chi connectivity index (χ1n) is 7.96. The topological polar surface area (TPSA) is 77.2 Å². The number of nitrogens with one attached hydrogen (secondary N) is 1. The quantitative estimate of drug-likeness (QED) is 0.660. The van der Waals surface area contributed by atoms with E-state index in [0.717, 1.165) is 12.1 Å². The summed E-state index contributed by atoms with van der Waals surface area (Å²) in [5, 5.41) is 6.70. The standard InChI is InChI=1S/C18H13ClF3N3O3/c19-13-4-6-14(7-5-13)27-10-15(26)23-9-16-24-17(25-28-16)11-2-1-3-12(8-11)18(20,21)22/h1-8H,9-10H2,(H,23,26). The molecule has 2 aromatic carbocycles. The van der Waals surface area contributed by atoms with Gasteiger partial charge in [0.1, 0.15) is 5.75 Å². The first kappa shape index (κ1) is 19.7. The predicted octanol–water partition coefficient (Wildman–Crippen LogP) is 4.10. The van der Waals surface area contributed by atoms with E-state index in [1.54, 1.807) is 24.3 Å². The van der Waals surface area contributed by atoms with Crippen molar-refractivity contribution in [1.29, 1.82) is 0 Å². The van der Waals surface area contributed by atoms with Crippen LogP contribution >= 0.6 is 11.6 Å². The highest BCUT2D eigenvalue weighted by Crippen LogP contribution is 2.31. The molecule has 0 aliphatic carbocycles. The highest BCUT2D eigenvalue weighted by atomic mass is 35.5. The third-order valence-electron chi connectivity index (χ3n) is 3.54. The number of alkyl halides is 3. The molecular weight excluding hydrogens is 399 g/mol. The Morgan fingerprint density at radius 1 is 1.18 bits per heavy atom. The number of benzene rings is 2. The SMILES string of the molecule is O=C(COc1ccc(Cl)cc1)NCc1nc(-c2cccc(C(F)(F)F)c2)no1.